The molecule has 1 aliphatic heterocycles. The van der Waals surface area contributed by atoms with Crippen molar-refractivity contribution >= 4 is 76.9 Å². The Morgan fingerprint density at radius 3 is 1.97 bits per heavy atom. The molecule has 10 atom stereocenters. The van der Waals surface area contributed by atoms with Crippen molar-refractivity contribution in [1.29, 1.82) is 0 Å². The number of hydrogen-bond donors (Lipinski definition) is 16. The summed E-state index contributed by atoms with van der Waals surface area (Å²) in [6.45, 7) is 11.3. The Hall–Kier alpha value is -12.0. The molecule has 116 heavy (non-hydrogen) atoms. The molecule has 37 nitrogen and oxygen atoms in total. The molecule has 2 heterocycles. The zero-order chi connectivity index (χ0) is 85.4. The van der Waals surface area contributed by atoms with Gasteiger partial charge >= 0.3 is 11.9 Å². The van der Waals surface area contributed by atoms with Gasteiger partial charge in [0.05, 0.1) is 43.8 Å². The lowest BCUT2D eigenvalue weighted by Crippen LogP contribution is -2.67. The fraction of sp³-hybridized carbons (Fsp3) is 0.513. The number of azide groups is 1. The summed E-state index contributed by atoms with van der Waals surface area (Å²) in [5.41, 5.74) is 10.4. The van der Waals surface area contributed by atoms with Gasteiger partial charge in [-0.1, -0.05) is 109 Å². The predicted octanol–water partition coefficient (Wildman–Crippen LogP) is 0.948. The summed E-state index contributed by atoms with van der Waals surface area (Å²) in [5.74, 6) is -14.7. The average molecular weight is 1620 g/mol. The normalized spacial score (nSPS) is 14.9. The van der Waals surface area contributed by atoms with Crippen molar-refractivity contribution in [2.75, 3.05) is 45.9 Å². The molecule has 0 spiro atoms. The fourth-order valence-corrected chi connectivity index (χ4v) is 12.8. The highest BCUT2D eigenvalue weighted by atomic mass is 19.1. The Bertz CT molecular complexity index is 4290. The molecule has 1 saturated heterocycles. The van der Waals surface area contributed by atoms with E-state index in [0.29, 0.717) is 69.5 Å². The van der Waals surface area contributed by atoms with Gasteiger partial charge in [-0.2, -0.15) is 5.21 Å². The van der Waals surface area contributed by atoms with Crippen LogP contribution in [0.2, 0.25) is 0 Å². The van der Waals surface area contributed by atoms with Crippen LogP contribution in [0.5, 0.6) is 5.75 Å². The van der Waals surface area contributed by atoms with Crippen molar-refractivity contribution in [3.63, 3.8) is 0 Å². The second-order valence-electron chi connectivity index (χ2n) is 29.4. The number of carbonyl (C=O) groups excluding carboxylic acids is 11. The number of carboxylic acid groups (broad SMARTS) is 2. The van der Waals surface area contributed by atoms with E-state index in [1.807, 2.05) is 51.1 Å². The monoisotopic (exact) mass is 1620 g/mol. The number of aliphatic carboxylic acids is 2. The molecule has 16 N–H and O–H groups in total. The molecular formula is C78H105FN18O19. The Kier molecular flexibility index (Phi) is 36.2. The number of aromatic amines is 1. The predicted molar refractivity (Wildman–Crippen MR) is 416 cm³/mol. The molecule has 1 fully saturated rings. The lowest BCUT2D eigenvalue weighted by atomic mass is 9.87. The van der Waals surface area contributed by atoms with Gasteiger partial charge in [0.1, 0.15) is 59.4 Å². The minimum atomic E-state index is -2.42. The fourth-order valence-electron chi connectivity index (χ4n) is 12.8. The number of H-pyrrole nitrogens is 1. The summed E-state index contributed by atoms with van der Waals surface area (Å²) < 4.78 is 21.5. The number of amides is 11. The number of carboxylic acids is 2. The SMILES string of the molecule is CCc1cc(OCCCCN=[N+]=[N-])ccc1-c1ccc(C[C@H](NC(=O)[C@H](CC(=O)O)NC(=O)[C@H](CO)NC(=O)[C@@H](NC(=O)[C@](C)(Cc2ccccc2F)NC(=O)[C@@H](NC(=O)CNC(=O)[C@H](Cc2nn[nH]n2)NC(=O)C(C)(C)CC(=O)NCCN2CCCCC2=O)[C@@H](C)O)[C@@H](C)O)C(=O)N[C@@H](CCCc2cc(C)cc(C)c2)C(=O)O)cc1. The molecule has 0 bridgehead atoms. The van der Waals surface area contributed by atoms with E-state index >= 15 is 4.39 Å². The van der Waals surface area contributed by atoms with Crippen LogP contribution < -0.4 is 57.9 Å². The highest BCUT2D eigenvalue weighted by Gasteiger charge is 2.43. The van der Waals surface area contributed by atoms with Crippen molar-refractivity contribution in [3.8, 4) is 16.9 Å². The molecule has 1 aromatic heterocycles. The van der Waals surface area contributed by atoms with Crippen molar-refractivity contribution in [3.05, 3.63) is 140 Å². The molecule has 0 saturated carbocycles. The number of aromatic nitrogens is 4. The number of carbonyl (C=O) groups is 13. The zero-order valence-corrected chi connectivity index (χ0v) is 66.1. The molecule has 6 rings (SSSR count). The summed E-state index contributed by atoms with van der Waals surface area (Å²) in [5, 5.41) is 93.8. The molecule has 11 amide bonds. The first-order chi connectivity index (χ1) is 55.0. The van der Waals surface area contributed by atoms with E-state index in [9.17, 15) is 87.9 Å². The maximum atomic E-state index is 15.6. The Labute approximate surface area is 669 Å². The van der Waals surface area contributed by atoms with E-state index in [4.69, 9.17) is 10.3 Å². The highest BCUT2D eigenvalue weighted by molar-refractivity contribution is 6.00. The van der Waals surface area contributed by atoms with Gasteiger partial charge in [0.15, 0.2) is 5.82 Å². The van der Waals surface area contributed by atoms with Crippen molar-refractivity contribution < 1.29 is 97.0 Å². The molecule has 0 aliphatic carbocycles. The summed E-state index contributed by atoms with van der Waals surface area (Å²) in [7, 11) is 0. The number of aryl methyl sites for hydroxylation is 4. The van der Waals surface area contributed by atoms with Gasteiger partial charge in [-0.05, 0) is 143 Å². The largest absolute Gasteiger partial charge is 0.494 e. The van der Waals surface area contributed by atoms with Gasteiger partial charge in [-0.3, -0.25) is 57.5 Å². The third kappa shape index (κ3) is 29.4. The Morgan fingerprint density at radius 2 is 1.34 bits per heavy atom. The Morgan fingerprint density at radius 1 is 0.690 bits per heavy atom. The molecule has 4 aromatic carbocycles. The lowest BCUT2D eigenvalue weighted by molar-refractivity contribution is -0.143. The van der Waals surface area contributed by atoms with Gasteiger partial charge in [0.25, 0.3) is 0 Å². The van der Waals surface area contributed by atoms with Crippen LogP contribution in [0.4, 0.5) is 4.39 Å². The number of benzene rings is 4. The second-order valence-corrected chi connectivity index (χ2v) is 29.4. The number of aliphatic hydroxyl groups is 3. The molecular weight excluding hydrogens is 1510 g/mol. The van der Waals surface area contributed by atoms with Gasteiger partial charge in [-0.25, -0.2) is 9.18 Å². The minimum absolute atomic E-state index is 0.0282. The first kappa shape index (κ1) is 92.8. The van der Waals surface area contributed by atoms with Crippen molar-refractivity contribution in [1.82, 2.24) is 78.7 Å². The van der Waals surface area contributed by atoms with Gasteiger partial charge < -0.3 is 88.3 Å². The van der Waals surface area contributed by atoms with Crippen LogP contribution in [0.25, 0.3) is 21.6 Å². The maximum Gasteiger partial charge on any atom is 0.326 e. The lowest BCUT2D eigenvalue weighted by Gasteiger charge is -2.34. The van der Waals surface area contributed by atoms with E-state index in [1.165, 1.54) is 32.0 Å². The number of piperidine rings is 1. The number of aliphatic hydroxyl groups excluding tert-OH is 3. The van der Waals surface area contributed by atoms with Crippen LogP contribution in [0.15, 0.2) is 90.0 Å². The van der Waals surface area contributed by atoms with E-state index in [2.05, 4.69) is 83.8 Å². The minimum Gasteiger partial charge on any atom is -0.494 e. The second kappa shape index (κ2) is 45.2. The third-order valence-electron chi connectivity index (χ3n) is 19.2. The van der Waals surface area contributed by atoms with E-state index in [0.717, 1.165) is 73.1 Å². The number of halogens is 1. The number of nitrogens with one attached hydrogen (secondary N) is 11. The van der Waals surface area contributed by atoms with Gasteiger partial charge in [0.2, 0.25) is 65.0 Å². The summed E-state index contributed by atoms with van der Waals surface area (Å²) in [6, 6.07) is 10.3. The number of nitrogens with zero attached hydrogens (tertiary/aromatic N) is 7. The highest BCUT2D eigenvalue weighted by Crippen LogP contribution is 2.30. The molecule has 1 aliphatic rings. The molecule has 0 radical (unpaired) electrons. The van der Waals surface area contributed by atoms with Crippen LogP contribution in [0.1, 0.15) is 139 Å². The molecule has 5 aromatic rings. The van der Waals surface area contributed by atoms with Crippen LogP contribution in [-0.4, -0.2) is 234 Å². The van der Waals surface area contributed by atoms with E-state index in [1.54, 1.807) is 35.2 Å². The van der Waals surface area contributed by atoms with E-state index in [-0.39, 0.29) is 49.6 Å². The number of likely N-dealkylation sites (tertiary alicyclic amines) is 1. The summed E-state index contributed by atoms with van der Waals surface area (Å²) >= 11 is 0. The van der Waals surface area contributed by atoms with Gasteiger partial charge in [0, 0.05) is 63.2 Å². The number of rotatable bonds is 47. The van der Waals surface area contributed by atoms with Crippen LogP contribution in [0, 0.1) is 25.1 Å². The molecule has 628 valence electrons. The van der Waals surface area contributed by atoms with Gasteiger partial charge in [-0.15, -0.1) is 10.2 Å². The quantitative estimate of drug-likeness (QED) is 0.0112. The first-order valence-electron chi connectivity index (χ1n) is 38.1. The maximum absolute atomic E-state index is 15.6. The van der Waals surface area contributed by atoms with Crippen LogP contribution in [-0.2, 0) is 94.4 Å². The van der Waals surface area contributed by atoms with Crippen LogP contribution in [0.3, 0.4) is 0 Å². The smallest absolute Gasteiger partial charge is 0.326 e. The molecule has 0 unspecified atom stereocenters. The topological polar surface area (TPSA) is 559 Å². The third-order valence-corrected chi connectivity index (χ3v) is 19.2. The number of hydrogen-bond acceptors (Lipinski definition) is 21. The molecule has 38 heteroatoms. The number of unbranched alkanes of at least 4 members (excludes halogenated alkanes) is 1. The van der Waals surface area contributed by atoms with Crippen molar-refractivity contribution in [2.45, 2.75) is 205 Å². The summed E-state index contributed by atoms with van der Waals surface area (Å²) in [6.07, 6.45) is -2.09. The standard InChI is InChI=1S/C78H105FN18O19/c1-9-50-37-53(116-32-15-13-28-83-94-80)26-27-54(50)51-24-22-48(23-25-51)36-57(69(107)84-56(74(112)113)20-16-17-49-34-44(2)33-45(3)35-49)85-70(108)59(39-65(104)105)86-71(109)60(43-98)87-72(110)66(46(4)99)90-76(115)78(8,40-52-18-10-11-19-55(52)79)91-73(111)67(47(5)100)89-63(102)42-82-68(106)58(38-61-92-95-96-93-61)88-75(114)77(6,7)41-62(101)81-29-31-97-30-14-12-21-64(97)103/h10-11,18-19,22-27,33-35,37,46-47,56-60,66-67,98-100H,9,12-17,20-21,28-32,36,38-43H2,1-8H3,(H,81,101)(H,82,106)(H,84,107)(H,85,108)(H,86,109)(H,87,110)(H,88,114)(H,89,102)(H,90,115)(H,91,111)(H,104,105)(H,112,113)(H,92,93,95,96)/t46-,47-,56+,57+,58+,59+,60+,66+,67+,78+/m1/s1. The van der Waals surface area contributed by atoms with E-state index < -0.39 is 175 Å². The Balaban J connectivity index is 1.16. The zero-order valence-electron chi connectivity index (χ0n) is 66.1. The van der Waals surface area contributed by atoms with Crippen molar-refractivity contribution in [2.24, 2.45) is 10.5 Å². The number of tetrazole rings is 1. The average Bonchev–Trinajstić information content (AvgIpc) is 1.07. The summed E-state index contributed by atoms with van der Waals surface area (Å²) in [4.78, 5) is 183. The van der Waals surface area contributed by atoms with Crippen LogP contribution >= 0.6 is 0 Å². The number of ether oxygens (including phenoxy) is 1. The first-order valence-corrected chi connectivity index (χ1v) is 38.1.